The van der Waals surface area contributed by atoms with Crippen LogP contribution >= 0.6 is 0 Å². The molecule has 0 saturated carbocycles. The van der Waals surface area contributed by atoms with Crippen LogP contribution in [0.4, 0.5) is 5.69 Å². The number of carbonyl (C=O) groups is 2. The Balaban J connectivity index is 2.16. The second-order valence-electron chi connectivity index (χ2n) is 7.49. The van der Waals surface area contributed by atoms with E-state index in [-0.39, 0.29) is 34.1 Å². The molecule has 1 atom stereocenters. The number of benzene rings is 3. The predicted molar refractivity (Wildman–Crippen MR) is 125 cm³/mol. The molecular formula is C26H21N3O5. The molecule has 0 aromatic heterocycles. The summed E-state index contributed by atoms with van der Waals surface area (Å²) in [6.45, 7) is 0. The van der Waals surface area contributed by atoms with Gasteiger partial charge in [0.15, 0.2) is 0 Å². The largest absolute Gasteiger partial charge is 0.506 e. The highest BCUT2D eigenvalue weighted by Gasteiger charge is 2.43. The van der Waals surface area contributed by atoms with Crippen LogP contribution in [0.3, 0.4) is 0 Å². The first-order valence-corrected chi connectivity index (χ1v) is 10.3. The van der Waals surface area contributed by atoms with Crippen LogP contribution in [0.1, 0.15) is 11.5 Å². The number of allylic oxidation sites excluding steroid dienone is 1. The molecular weight excluding hydrogens is 434 g/mol. The smallest absolute Gasteiger partial charge is 0.355 e. The second kappa shape index (κ2) is 9.00. The number of anilines is 1. The summed E-state index contributed by atoms with van der Waals surface area (Å²) < 4.78 is 10.1. The van der Waals surface area contributed by atoms with E-state index in [1.165, 1.54) is 25.2 Å². The van der Waals surface area contributed by atoms with E-state index in [2.05, 4.69) is 6.07 Å². The summed E-state index contributed by atoms with van der Waals surface area (Å²) in [5.41, 5.74) is 6.86. The Labute approximate surface area is 195 Å². The summed E-state index contributed by atoms with van der Waals surface area (Å²) in [4.78, 5) is 27.5. The number of carbonyl (C=O) groups excluding carboxylic acids is 2. The van der Waals surface area contributed by atoms with Crippen LogP contribution in [0.25, 0.3) is 10.8 Å². The van der Waals surface area contributed by atoms with Crippen molar-refractivity contribution in [2.75, 3.05) is 19.1 Å². The molecule has 0 aliphatic carbocycles. The summed E-state index contributed by atoms with van der Waals surface area (Å²) in [6, 6.07) is 21.1. The molecule has 3 N–H and O–H groups in total. The Morgan fingerprint density at radius 3 is 2.26 bits per heavy atom. The Morgan fingerprint density at radius 1 is 0.971 bits per heavy atom. The van der Waals surface area contributed by atoms with E-state index in [1.54, 1.807) is 48.5 Å². The second-order valence-corrected chi connectivity index (χ2v) is 7.49. The number of fused-ring (bicyclic) bond motifs is 1. The minimum atomic E-state index is -0.985. The number of aromatic hydroxyl groups is 1. The number of rotatable bonds is 4. The average molecular weight is 455 g/mol. The fraction of sp³-hybridized carbons (Fsp3) is 0.115. The summed E-state index contributed by atoms with van der Waals surface area (Å²) >= 11 is 0. The van der Waals surface area contributed by atoms with Crippen molar-refractivity contribution in [3.8, 4) is 11.8 Å². The summed E-state index contributed by atoms with van der Waals surface area (Å²) in [7, 11) is 2.35. The number of phenols is 1. The Morgan fingerprint density at radius 2 is 1.62 bits per heavy atom. The lowest BCUT2D eigenvalue weighted by molar-refractivity contribution is -0.139. The van der Waals surface area contributed by atoms with E-state index < -0.39 is 17.9 Å². The molecule has 0 fully saturated rings. The number of nitrogens with zero attached hydrogens (tertiary/aromatic N) is 2. The number of nitriles is 1. The van der Waals surface area contributed by atoms with Crippen molar-refractivity contribution in [1.29, 1.82) is 5.26 Å². The lowest BCUT2D eigenvalue weighted by Crippen LogP contribution is -2.40. The Kier molecular flexibility index (Phi) is 5.94. The average Bonchev–Trinajstić information content (AvgIpc) is 2.88. The van der Waals surface area contributed by atoms with Gasteiger partial charge in [-0.05, 0) is 17.0 Å². The third kappa shape index (κ3) is 3.49. The third-order valence-corrected chi connectivity index (χ3v) is 5.71. The van der Waals surface area contributed by atoms with Crippen molar-refractivity contribution in [3.05, 3.63) is 95.0 Å². The molecule has 4 rings (SSSR count). The molecule has 0 radical (unpaired) electrons. The maximum atomic E-state index is 13.2. The van der Waals surface area contributed by atoms with Crippen molar-refractivity contribution >= 4 is 28.4 Å². The van der Waals surface area contributed by atoms with Crippen LogP contribution in [0.2, 0.25) is 0 Å². The number of methoxy groups -OCH3 is 2. The van der Waals surface area contributed by atoms with E-state index in [1.807, 2.05) is 12.1 Å². The lowest BCUT2D eigenvalue weighted by Gasteiger charge is -2.36. The highest BCUT2D eigenvalue weighted by atomic mass is 16.5. The summed E-state index contributed by atoms with van der Waals surface area (Å²) in [6.07, 6.45) is 0. The minimum Gasteiger partial charge on any atom is -0.506 e. The van der Waals surface area contributed by atoms with E-state index in [0.717, 1.165) is 5.39 Å². The van der Waals surface area contributed by atoms with Crippen molar-refractivity contribution < 1.29 is 24.2 Å². The summed E-state index contributed by atoms with van der Waals surface area (Å²) in [5.74, 6) is -3.02. The van der Waals surface area contributed by atoms with Gasteiger partial charge in [-0.1, -0.05) is 60.7 Å². The minimum absolute atomic E-state index is 0.0200. The van der Waals surface area contributed by atoms with E-state index in [9.17, 15) is 20.0 Å². The van der Waals surface area contributed by atoms with Gasteiger partial charge in [-0.15, -0.1) is 0 Å². The summed E-state index contributed by atoms with van der Waals surface area (Å²) in [5, 5.41) is 22.3. The van der Waals surface area contributed by atoms with Gasteiger partial charge in [-0.3, -0.25) is 4.90 Å². The molecule has 3 aromatic carbocycles. The van der Waals surface area contributed by atoms with Crippen LogP contribution in [0, 0.1) is 11.3 Å². The molecule has 1 aliphatic rings. The van der Waals surface area contributed by atoms with E-state index in [0.29, 0.717) is 10.9 Å². The highest BCUT2D eigenvalue weighted by Crippen LogP contribution is 2.47. The molecule has 0 spiro atoms. The molecule has 0 bridgehead atoms. The quantitative estimate of drug-likeness (QED) is 0.573. The topological polar surface area (TPSA) is 126 Å². The van der Waals surface area contributed by atoms with Crippen LogP contribution in [0.5, 0.6) is 5.75 Å². The molecule has 0 amide bonds. The number of ether oxygens (including phenoxy) is 2. The first-order chi connectivity index (χ1) is 16.4. The van der Waals surface area contributed by atoms with Crippen molar-refractivity contribution in [1.82, 2.24) is 0 Å². The van der Waals surface area contributed by atoms with Crippen LogP contribution in [0.15, 0.2) is 89.4 Å². The number of phenolic OH excluding ortho intramolecular Hbond substituents is 1. The van der Waals surface area contributed by atoms with Crippen molar-refractivity contribution in [2.45, 2.75) is 5.92 Å². The number of nitrogens with two attached hydrogens (primary N) is 1. The van der Waals surface area contributed by atoms with Crippen LogP contribution in [-0.4, -0.2) is 31.3 Å². The Hall–Kier alpha value is -4.77. The molecule has 1 unspecified atom stereocenters. The Bertz CT molecular complexity index is 1400. The van der Waals surface area contributed by atoms with Gasteiger partial charge in [0, 0.05) is 5.39 Å². The van der Waals surface area contributed by atoms with Gasteiger partial charge < -0.3 is 20.3 Å². The van der Waals surface area contributed by atoms with Gasteiger partial charge in [-0.2, -0.15) is 5.26 Å². The highest BCUT2D eigenvalue weighted by molar-refractivity contribution is 6.09. The number of hydrogen-bond donors (Lipinski definition) is 2. The molecule has 34 heavy (non-hydrogen) atoms. The third-order valence-electron chi connectivity index (χ3n) is 5.71. The van der Waals surface area contributed by atoms with Crippen LogP contribution < -0.4 is 10.6 Å². The fourth-order valence-corrected chi connectivity index (χ4v) is 4.22. The zero-order chi connectivity index (χ0) is 24.4. The standard InChI is InChI=1S/C26H21N3O5/c1-33-25(31)21-20(16-9-4-3-5-10-16)18(14-27)24(28)29(23(21)26(32)34-2)22-17-11-7-6-8-15(17)12-13-19(22)30/h3-13,20,30H,28H2,1-2H3. The lowest BCUT2D eigenvalue weighted by atomic mass is 9.80. The number of hydrogen-bond acceptors (Lipinski definition) is 8. The monoisotopic (exact) mass is 455 g/mol. The molecule has 8 nitrogen and oxygen atoms in total. The van der Waals surface area contributed by atoms with Gasteiger partial charge in [0.25, 0.3) is 0 Å². The predicted octanol–water partition coefficient (Wildman–Crippen LogP) is 3.44. The van der Waals surface area contributed by atoms with Gasteiger partial charge in [-0.25, -0.2) is 9.59 Å². The van der Waals surface area contributed by atoms with Gasteiger partial charge in [0.05, 0.1) is 43.0 Å². The maximum absolute atomic E-state index is 13.2. The van der Waals surface area contributed by atoms with E-state index >= 15 is 0 Å². The van der Waals surface area contributed by atoms with Crippen molar-refractivity contribution in [2.24, 2.45) is 5.73 Å². The van der Waals surface area contributed by atoms with Crippen molar-refractivity contribution in [3.63, 3.8) is 0 Å². The molecule has 170 valence electrons. The van der Waals surface area contributed by atoms with E-state index in [4.69, 9.17) is 15.2 Å². The molecule has 1 aliphatic heterocycles. The fourth-order valence-electron chi connectivity index (χ4n) is 4.22. The van der Waals surface area contributed by atoms with Gasteiger partial charge >= 0.3 is 11.9 Å². The van der Waals surface area contributed by atoms with Gasteiger partial charge in [0.1, 0.15) is 17.3 Å². The van der Waals surface area contributed by atoms with Crippen LogP contribution in [-0.2, 0) is 19.1 Å². The molecule has 1 heterocycles. The first-order valence-electron chi connectivity index (χ1n) is 10.3. The zero-order valence-corrected chi connectivity index (χ0v) is 18.5. The van der Waals surface area contributed by atoms with Gasteiger partial charge in [0.2, 0.25) is 0 Å². The SMILES string of the molecule is COC(=O)C1=C(C(=O)OC)N(c2c(O)ccc3ccccc23)C(N)=C(C#N)C1c1ccccc1. The number of esters is 2. The normalized spacial score (nSPS) is 15.8. The molecule has 3 aromatic rings. The molecule has 0 saturated heterocycles. The molecule has 8 heteroatoms. The zero-order valence-electron chi connectivity index (χ0n) is 18.5. The maximum Gasteiger partial charge on any atom is 0.355 e. The first kappa shape index (κ1) is 22.4.